The number of nitrogens with zero attached hydrogens (tertiary/aromatic N) is 1. The van der Waals surface area contributed by atoms with Crippen molar-refractivity contribution in [2.45, 2.75) is 77.9 Å². The van der Waals surface area contributed by atoms with Crippen LogP contribution in [0.3, 0.4) is 0 Å². The van der Waals surface area contributed by atoms with Crippen molar-refractivity contribution in [1.29, 1.82) is 0 Å². The number of carbonyl (C=O) groups is 2. The normalized spacial score (nSPS) is 15.4. The van der Waals surface area contributed by atoms with Gasteiger partial charge in [-0.1, -0.05) is 78.9 Å². The van der Waals surface area contributed by atoms with Gasteiger partial charge in [0.15, 0.2) is 0 Å². The van der Waals surface area contributed by atoms with Gasteiger partial charge in [-0.05, 0) is 44.7 Å². The third-order valence-corrected chi connectivity index (χ3v) is 6.03. The number of aryl methyl sites for hydroxylation is 2. The molecule has 0 aromatic heterocycles. The van der Waals surface area contributed by atoms with E-state index in [-0.39, 0.29) is 17.9 Å². The van der Waals surface area contributed by atoms with E-state index in [2.05, 4.69) is 5.32 Å². The van der Waals surface area contributed by atoms with Crippen LogP contribution in [0.1, 0.15) is 61.3 Å². The molecule has 1 aliphatic carbocycles. The van der Waals surface area contributed by atoms with E-state index in [1.165, 1.54) is 24.8 Å². The Labute approximate surface area is 180 Å². The molecular formula is C26H34N2O2. The topological polar surface area (TPSA) is 49.4 Å². The predicted octanol–water partition coefficient (Wildman–Crippen LogP) is 4.71. The standard InChI is InChI=1S/C26H34N2O2/c1-19-12-14-22(15-13-19)18-28(25(29)17-23-9-7-8-20(2)16-23)21(3)26(30)27-24-10-5-4-6-11-24/h7-9,12-16,21,24H,4-6,10-11,17-18H2,1-3H3,(H,27,30). The predicted molar refractivity (Wildman–Crippen MR) is 121 cm³/mol. The molecule has 2 aromatic rings. The zero-order valence-electron chi connectivity index (χ0n) is 18.5. The monoisotopic (exact) mass is 406 g/mol. The van der Waals surface area contributed by atoms with Gasteiger partial charge in [0.05, 0.1) is 6.42 Å². The van der Waals surface area contributed by atoms with Crippen LogP contribution in [-0.4, -0.2) is 28.8 Å². The van der Waals surface area contributed by atoms with E-state index in [4.69, 9.17) is 0 Å². The van der Waals surface area contributed by atoms with Crippen molar-refractivity contribution in [2.75, 3.05) is 0 Å². The van der Waals surface area contributed by atoms with Crippen molar-refractivity contribution in [3.63, 3.8) is 0 Å². The van der Waals surface area contributed by atoms with Crippen molar-refractivity contribution in [1.82, 2.24) is 10.2 Å². The number of nitrogens with one attached hydrogen (secondary N) is 1. The Morgan fingerprint density at radius 1 is 0.967 bits per heavy atom. The Balaban J connectivity index is 1.75. The molecule has 1 aliphatic rings. The van der Waals surface area contributed by atoms with Gasteiger partial charge < -0.3 is 10.2 Å². The highest BCUT2D eigenvalue weighted by Gasteiger charge is 2.28. The molecule has 4 heteroatoms. The molecule has 0 aliphatic heterocycles. The second kappa shape index (κ2) is 10.4. The van der Waals surface area contributed by atoms with E-state index < -0.39 is 6.04 Å². The largest absolute Gasteiger partial charge is 0.352 e. The average Bonchev–Trinajstić information content (AvgIpc) is 2.73. The zero-order chi connectivity index (χ0) is 21.5. The molecule has 1 N–H and O–H groups in total. The number of carbonyl (C=O) groups excluding carboxylic acids is 2. The summed E-state index contributed by atoms with van der Waals surface area (Å²) in [5.41, 5.74) is 4.33. The lowest BCUT2D eigenvalue weighted by molar-refractivity contribution is -0.140. The highest BCUT2D eigenvalue weighted by Crippen LogP contribution is 2.19. The molecule has 1 saturated carbocycles. The van der Waals surface area contributed by atoms with Crippen LogP contribution in [0.4, 0.5) is 0 Å². The molecule has 2 aromatic carbocycles. The number of amides is 2. The Bertz CT molecular complexity index is 854. The maximum absolute atomic E-state index is 13.3. The molecule has 0 bridgehead atoms. The van der Waals surface area contributed by atoms with Gasteiger partial charge in [0.2, 0.25) is 11.8 Å². The molecule has 30 heavy (non-hydrogen) atoms. The summed E-state index contributed by atoms with van der Waals surface area (Å²) in [7, 11) is 0. The van der Waals surface area contributed by atoms with Crippen LogP contribution < -0.4 is 5.32 Å². The molecule has 1 fully saturated rings. The highest BCUT2D eigenvalue weighted by molar-refractivity contribution is 5.88. The van der Waals surface area contributed by atoms with Crippen LogP contribution in [0.15, 0.2) is 48.5 Å². The molecule has 0 spiro atoms. The summed E-state index contributed by atoms with van der Waals surface area (Å²) < 4.78 is 0. The molecule has 0 heterocycles. The molecule has 1 unspecified atom stereocenters. The molecule has 1 atom stereocenters. The van der Waals surface area contributed by atoms with Gasteiger partial charge in [-0.25, -0.2) is 0 Å². The summed E-state index contributed by atoms with van der Waals surface area (Å²) >= 11 is 0. The van der Waals surface area contributed by atoms with E-state index in [1.54, 1.807) is 4.90 Å². The SMILES string of the molecule is Cc1ccc(CN(C(=O)Cc2cccc(C)c2)C(C)C(=O)NC2CCCCC2)cc1. The van der Waals surface area contributed by atoms with Crippen LogP contribution in [0.2, 0.25) is 0 Å². The lowest BCUT2D eigenvalue weighted by Gasteiger charge is -2.31. The van der Waals surface area contributed by atoms with Crippen LogP contribution in [0, 0.1) is 13.8 Å². The summed E-state index contributed by atoms with van der Waals surface area (Å²) in [6.07, 6.45) is 5.95. The molecule has 160 valence electrons. The second-order valence-electron chi connectivity index (χ2n) is 8.69. The van der Waals surface area contributed by atoms with Crippen molar-refractivity contribution in [2.24, 2.45) is 0 Å². The first kappa shape index (κ1) is 22.1. The summed E-state index contributed by atoms with van der Waals surface area (Å²) in [4.78, 5) is 28.0. The highest BCUT2D eigenvalue weighted by atomic mass is 16.2. The Kier molecular flexibility index (Phi) is 7.67. The zero-order valence-corrected chi connectivity index (χ0v) is 18.5. The van der Waals surface area contributed by atoms with Gasteiger partial charge in [0, 0.05) is 12.6 Å². The average molecular weight is 407 g/mol. The van der Waals surface area contributed by atoms with E-state index >= 15 is 0 Å². The van der Waals surface area contributed by atoms with Crippen LogP contribution in [0.25, 0.3) is 0 Å². The van der Waals surface area contributed by atoms with Gasteiger partial charge in [-0.15, -0.1) is 0 Å². The van der Waals surface area contributed by atoms with Gasteiger partial charge in [-0.3, -0.25) is 9.59 Å². The first-order chi connectivity index (χ1) is 14.4. The third-order valence-electron chi connectivity index (χ3n) is 6.03. The minimum Gasteiger partial charge on any atom is -0.352 e. The lowest BCUT2D eigenvalue weighted by atomic mass is 9.95. The lowest BCUT2D eigenvalue weighted by Crippen LogP contribution is -2.50. The smallest absolute Gasteiger partial charge is 0.242 e. The molecule has 2 amide bonds. The van der Waals surface area contributed by atoms with Gasteiger partial charge in [0.25, 0.3) is 0 Å². The fourth-order valence-electron chi connectivity index (χ4n) is 4.14. The number of hydrogen-bond acceptors (Lipinski definition) is 2. The number of benzene rings is 2. The van der Waals surface area contributed by atoms with E-state index in [9.17, 15) is 9.59 Å². The summed E-state index contributed by atoms with van der Waals surface area (Å²) in [6.45, 7) is 6.35. The first-order valence-electron chi connectivity index (χ1n) is 11.1. The van der Waals surface area contributed by atoms with E-state index in [1.807, 2.05) is 69.3 Å². The van der Waals surface area contributed by atoms with Crippen LogP contribution in [-0.2, 0) is 22.6 Å². The molecule has 0 radical (unpaired) electrons. The fraction of sp³-hybridized carbons (Fsp3) is 0.462. The number of hydrogen-bond donors (Lipinski definition) is 1. The van der Waals surface area contributed by atoms with E-state index in [0.29, 0.717) is 13.0 Å². The molecule has 3 rings (SSSR count). The Morgan fingerprint density at radius 2 is 1.67 bits per heavy atom. The third kappa shape index (κ3) is 6.19. The van der Waals surface area contributed by atoms with Crippen molar-refractivity contribution in [3.05, 3.63) is 70.8 Å². The van der Waals surface area contributed by atoms with Crippen molar-refractivity contribution in [3.8, 4) is 0 Å². The minimum atomic E-state index is -0.509. The van der Waals surface area contributed by atoms with Crippen molar-refractivity contribution < 1.29 is 9.59 Å². The Morgan fingerprint density at radius 3 is 2.33 bits per heavy atom. The summed E-state index contributed by atoms with van der Waals surface area (Å²) in [5.74, 6) is -0.0703. The van der Waals surface area contributed by atoms with Gasteiger partial charge in [0.1, 0.15) is 6.04 Å². The fourth-order valence-corrected chi connectivity index (χ4v) is 4.14. The first-order valence-corrected chi connectivity index (χ1v) is 11.1. The minimum absolute atomic E-state index is 0.0209. The molecular weight excluding hydrogens is 372 g/mol. The van der Waals surface area contributed by atoms with Crippen LogP contribution in [0.5, 0.6) is 0 Å². The second-order valence-corrected chi connectivity index (χ2v) is 8.69. The van der Waals surface area contributed by atoms with Gasteiger partial charge >= 0.3 is 0 Å². The maximum atomic E-state index is 13.3. The van der Waals surface area contributed by atoms with E-state index in [0.717, 1.165) is 29.5 Å². The number of rotatable bonds is 7. The quantitative estimate of drug-likeness (QED) is 0.724. The maximum Gasteiger partial charge on any atom is 0.242 e. The molecule has 4 nitrogen and oxygen atoms in total. The van der Waals surface area contributed by atoms with Crippen molar-refractivity contribution >= 4 is 11.8 Å². The van der Waals surface area contributed by atoms with Crippen LogP contribution >= 0.6 is 0 Å². The summed E-state index contributed by atoms with van der Waals surface area (Å²) in [6, 6.07) is 15.9. The van der Waals surface area contributed by atoms with Gasteiger partial charge in [-0.2, -0.15) is 0 Å². The Hall–Kier alpha value is -2.62. The summed E-state index contributed by atoms with van der Waals surface area (Å²) in [5, 5.41) is 3.19. The molecule has 0 saturated heterocycles.